The third-order valence-corrected chi connectivity index (χ3v) is 0. The summed E-state index contributed by atoms with van der Waals surface area (Å²) in [5.41, 5.74) is 0. The molecule has 0 aliphatic heterocycles. The molecule has 0 aromatic carbocycles. The van der Waals surface area contributed by atoms with Gasteiger partial charge in [-0.15, -0.1) is 0 Å². The molecule has 0 aromatic heterocycles. The van der Waals surface area contributed by atoms with E-state index in [4.69, 9.17) is 3.83 Å². The van der Waals surface area contributed by atoms with Gasteiger partial charge >= 0.3 is 19.8 Å². The molecule has 0 rings (SSSR count). The van der Waals surface area contributed by atoms with Crippen molar-refractivity contribution in [1.29, 1.82) is 0 Å². The van der Waals surface area contributed by atoms with Crippen LogP contribution in [0.3, 0.4) is 0 Å². The second-order valence-electron chi connectivity index (χ2n) is 0. The normalized spacial score (nSPS) is 0.857. The van der Waals surface area contributed by atoms with E-state index in [0.29, 0.717) is 0 Å². The summed E-state index contributed by atoms with van der Waals surface area (Å²) in [5, 5.41) is 0. The number of hydrogen-bond donors (Lipinski definition) is 0. The van der Waals surface area contributed by atoms with Gasteiger partial charge in [-0.05, 0) is 0 Å². The second-order valence-corrected chi connectivity index (χ2v) is 0. The van der Waals surface area contributed by atoms with Gasteiger partial charge in [-0.3, -0.25) is 0 Å². The van der Waals surface area contributed by atoms with Gasteiger partial charge in [0.1, 0.15) is 0 Å². The summed E-state index contributed by atoms with van der Waals surface area (Å²) in [7, 11) is 0. The summed E-state index contributed by atoms with van der Waals surface area (Å²) in [6.45, 7) is 0. The fourth-order valence-electron chi connectivity index (χ4n) is 0. The van der Waals surface area contributed by atoms with Gasteiger partial charge in [0.2, 0.25) is 0 Å². The molecule has 0 atom stereocenters. The average Bonchev–Trinajstić information content (AvgIpc) is 1.00. The standard InChI is InChI=1S/2Cu.Fe.3H2O.O/h;;;3*1H2;. The molecule has 60 valence electrons. The van der Waals surface area contributed by atoms with E-state index in [9.17, 15) is 0 Å². The molecule has 0 aromatic rings. The van der Waals surface area contributed by atoms with E-state index in [-0.39, 0.29) is 50.6 Å². The quantitative estimate of drug-likeness (QED) is 0.433. The summed E-state index contributed by atoms with van der Waals surface area (Å²) in [6.07, 6.45) is 0. The van der Waals surface area contributed by atoms with Crippen molar-refractivity contribution in [2.45, 2.75) is 0 Å². The first-order chi connectivity index (χ1) is 1.00. The summed E-state index contributed by atoms with van der Waals surface area (Å²) in [6, 6.07) is 0. The SMILES string of the molecule is O.O.O.[Cu].[Fe].[O]=[Cu]. The Bertz CT molecular complexity index is 9.65. The molecule has 4 nitrogen and oxygen atoms in total. The van der Waals surface area contributed by atoms with E-state index in [2.05, 4.69) is 15.9 Å². The number of rotatable bonds is 0. The van der Waals surface area contributed by atoms with Crippen molar-refractivity contribution in [2.24, 2.45) is 0 Å². The van der Waals surface area contributed by atoms with Crippen LogP contribution in [-0.2, 0) is 53.9 Å². The van der Waals surface area contributed by atoms with Gasteiger partial charge in [0.15, 0.2) is 0 Å². The minimum atomic E-state index is 0. The average molecular weight is 253 g/mol. The maximum atomic E-state index is 7.81. The fraction of sp³-hybridized carbons (Fsp3) is 0. The van der Waals surface area contributed by atoms with Crippen LogP contribution >= 0.6 is 0 Å². The van der Waals surface area contributed by atoms with Crippen LogP contribution < -0.4 is 0 Å². The monoisotopic (exact) mass is 252 g/mol. The summed E-state index contributed by atoms with van der Waals surface area (Å²) in [5.74, 6) is 0. The molecule has 0 aliphatic rings. The Hall–Kier alpha value is 1.24. The molecule has 7 heteroatoms. The van der Waals surface area contributed by atoms with Crippen LogP contribution in [0, 0.1) is 0 Å². The van der Waals surface area contributed by atoms with Crippen molar-refractivity contribution >= 4 is 0 Å². The van der Waals surface area contributed by atoms with Gasteiger partial charge in [0, 0.05) is 34.1 Å². The van der Waals surface area contributed by atoms with Crippen LogP contribution in [0.4, 0.5) is 0 Å². The zero-order valence-electron chi connectivity index (χ0n) is 2.86. The summed E-state index contributed by atoms with van der Waals surface area (Å²) in [4.78, 5) is 0. The summed E-state index contributed by atoms with van der Waals surface area (Å²) >= 11 is 2.94. The zero-order chi connectivity index (χ0) is 2.00. The molecule has 7 heavy (non-hydrogen) atoms. The van der Waals surface area contributed by atoms with Crippen molar-refractivity contribution in [1.82, 2.24) is 0 Å². The van der Waals surface area contributed by atoms with Crippen molar-refractivity contribution < 1.29 is 70.3 Å². The molecule has 6 N–H and O–H groups in total. The van der Waals surface area contributed by atoms with E-state index < -0.39 is 0 Å². The molecular weight excluding hydrogens is 247 g/mol. The topological polar surface area (TPSA) is 112 Å². The molecule has 0 unspecified atom stereocenters. The van der Waals surface area contributed by atoms with Crippen LogP contribution in [0.1, 0.15) is 0 Å². The molecular formula is H6Cu2FeO4. The first kappa shape index (κ1) is 86.1. The van der Waals surface area contributed by atoms with Crippen LogP contribution in [-0.4, -0.2) is 16.4 Å². The maximum absolute atomic E-state index is 7.81. The van der Waals surface area contributed by atoms with Crippen molar-refractivity contribution in [3.05, 3.63) is 0 Å². The Balaban J connectivity index is -0.000000000500. The van der Waals surface area contributed by atoms with Crippen molar-refractivity contribution in [3.63, 3.8) is 0 Å². The molecule has 0 saturated carbocycles. The molecule has 1 radical (unpaired) electrons. The fourth-order valence-corrected chi connectivity index (χ4v) is 0. The van der Waals surface area contributed by atoms with E-state index in [1.54, 1.807) is 0 Å². The van der Waals surface area contributed by atoms with Gasteiger partial charge in [-0.25, -0.2) is 0 Å². The molecule has 0 amide bonds. The molecule has 0 fully saturated rings. The predicted molar refractivity (Wildman–Crippen MR) is 11.5 cm³/mol. The molecule has 0 aliphatic carbocycles. The van der Waals surface area contributed by atoms with Gasteiger partial charge in [0.25, 0.3) is 0 Å². The molecule has 0 spiro atoms. The van der Waals surface area contributed by atoms with Crippen LogP contribution in [0.15, 0.2) is 0 Å². The minimum absolute atomic E-state index is 0. The Morgan fingerprint density at radius 2 is 0.857 bits per heavy atom. The Morgan fingerprint density at radius 3 is 0.857 bits per heavy atom. The van der Waals surface area contributed by atoms with E-state index in [1.807, 2.05) is 0 Å². The van der Waals surface area contributed by atoms with Crippen molar-refractivity contribution in [2.75, 3.05) is 0 Å². The zero-order valence-corrected chi connectivity index (χ0v) is 5.85. The Kier molecular flexibility index (Phi) is 2260. The second kappa shape index (κ2) is 184. The third-order valence-electron chi connectivity index (χ3n) is 0. The Morgan fingerprint density at radius 1 is 0.857 bits per heavy atom. The number of hydrogen-bond acceptors (Lipinski definition) is 1. The van der Waals surface area contributed by atoms with Crippen LogP contribution in [0.2, 0.25) is 0 Å². The third kappa shape index (κ3) is 130. The molecule has 0 heterocycles. The Labute approximate surface area is 70.3 Å². The van der Waals surface area contributed by atoms with Crippen LogP contribution in [0.5, 0.6) is 0 Å². The van der Waals surface area contributed by atoms with E-state index >= 15 is 0 Å². The summed E-state index contributed by atoms with van der Waals surface area (Å²) < 4.78 is 7.81. The van der Waals surface area contributed by atoms with Gasteiger partial charge in [0.05, 0.1) is 0 Å². The van der Waals surface area contributed by atoms with Gasteiger partial charge in [-0.2, -0.15) is 0 Å². The van der Waals surface area contributed by atoms with E-state index in [1.165, 1.54) is 0 Å². The van der Waals surface area contributed by atoms with E-state index in [0.717, 1.165) is 0 Å². The van der Waals surface area contributed by atoms with Gasteiger partial charge in [-0.1, -0.05) is 0 Å². The molecule has 0 bridgehead atoms. The van der Waals surface area contributed by atoms with Gasteiger partial charge < -0.3 is 16.4 Å². The van der Waals surface area contributed by atoms with Crippen molar-refractivity contribution in [3.8, 4) is 0 Å². The predicted octanol–water partition coefficient (Wildman–Crippen LogP) is -2.60. The van der Waals surface area contributed by atoms with Crippen LogP contribution in [0.25, 0.3) is 0 Å². The molecule has 0 saturated heterocycles. The first-order valence-corrected chi connectivity index (χ1v) is 0.508. The first-order valence-electron chi connectivity index (χ1n) is 0.123.